The zero-order valence-electron chi connectivity index (χ0n) is 9.49. The smallest absolute Gasteiger partial charge is 0.147 e. The number of Topliss-reactive ketones (excluding diaryl/α,β-unsaturated/α-hetero) is 1. The quantitative estimate of drug-likeness (QED) is 0.539. The van der Waals surface area contributed by atoms with Gasteiger partial charge in [0.2, 0.25) is 0 Å². The molecule has 0 radical (unpaired) electrons. The number of thioether (sulfide) groups is 1. The second kappa shape index (κ2) is 7.60. The molecule has 1 atom stereocenters. The van der Waals surface area contributed by atoms with E-state index in [4.69, 9.17) is 0 Å². The number of likely N-dealkylation sites (N-methyl/N-ethyl adjacent to an activating group) is 1. The predicted molar refractivity (Wildman–Crippen MR) is 68.2 cm³/mol. The highest BCUT2D eigenvalue weighted by molar-refractivity contribution is 7.99. The molecule has 0 aliphatic rings. The first-order valence-electron chi connectivity index (χ1n) is 4.88. The summed E-state index contributed by atoms with van der Waals surface area (Å²) in [6.07, 6.45) is 0. The molecule has 0 aromatic carbocycles. The molecule has 0 spiro atoms. The van der Waals surface area contributed by atoms with Gasteiger partial charge < -0.3 is 0 Å². The van der Waals surface area contributed by atoms with Crippen molar-refractivity contribution in [2.75, 3.05) is 24.4 Å². The van der Waals surface area contributed by atoms with Crippen molar-refractivity contribution in [3.8, 4) is 0 Å². The number of ketones is 1. The third-order valence-corrected chi connectivity index (χ3v) is 3.76. The molecule has 0 fully saturated rings. The van der Waals surface area contributed by atoms with Crippen LogP contribution in [0.3, 0.4) is 0 Å². The molecular formula is C10H21NOS2. The van der Waals surface area contributed by atoms with Crippen LogP contribution < -0.4 is 0 Å². The van der Waals surface area contributed by atoms with Crippen LogP contribution in [0.15, 0.2) is 0 Å². The SMILES string of the molecule is CC(=O)[C@H](CS)N(C)CSCC(C)C. The normalized spacial score (nSPS) is 13.6. The van der Waals surface area contributed by atoms with Gasteiger partial charge in [-0.15, -0.1) is 11.8 Å². The topological polar surface area (TPSA) is 20.3 Å². The van der Waals surface area contributed by atoms with Crippen LogP contribution in [0.4, 0.5) is 0 Å². The molecule has 0 aliphatic carbocycles. The Labute approximate surface area is 97.2 Å². The molecule has 0 aliphatic heterocycles. The summed E-state index contributed by atoms with van der Waals surface area (Å²) in [4.78, 5) is 13.3. The predicted octanol–water partition coefficient (Wildman–Crippen LogP) is 2.15. The van der Waals surface area contributed by atoms with E-state index in [-0.39, 0.29) is 11.8 Å². The highest BCUT2D eigenvalue weighted by Crippen LogP contribution is 2.11. The Morgan fingerprint density at radius 3 is 2.43 bits per heavy atom. The van der Waals surface area contributed by atoms with E-state index in [1.54, 1.807) is 6.92 Å². The van der Waals surface area contributed by atoms with Crippen molar-refractivity contribution in [3.63, 3.8) is 0 Å². The van der Waals surface area contributed by atoms with Crippen LogP contribution in [0, 0.1) is 5.92 Å². The minimum absolute atomic E-state index is 0.0296. The summed E-state index contributed by atoms with van der Waals surface area (Å²) in [5, 5.41) is 0. The Kier molecular flexibility index (Phi) is 7.78. The Balaban J connectivity index is 3.81. The van der Waals surface area contributed by atoms with Crippen LogP contribution in [0.1, 0.15) is 20.8 Å². The van der Waals surface area contributed by atoms with Crippen molar-refractivity contribution in [3.05, 3.63) is 0 Å². The number of hydrogen-bond donors (Lipinski definition) is 1. The summed E-state index contributed by atoms with van der Waals surface area (Å²) in [6.45, 7) is 6.03. The summed E-state index contributed by atoms with van der Waals surface area (Å²) in [5.41, 5.74) is 0. The van der Waals surface area contributed by atoms with E-state index in [0.29, 0.717) is 11.7 Å². The van der Waals surface area contributed by atoms with Crippen LogP contribution in [0.5, 0.6) is 0 Å². The van der Waals surface area contributed by atoms with Gasteiger partial charge in [-0.25, -0.2) is 0 Å². The van der Waals surface area contributed by atoms with E-state index in [2.05, 4.69) is 31.4 Å². The molecule has 0 heterocycles. The molecular weight excluding hydrogens is 214 g/mol. The number of thiol groups is 1. The zero-order chi connectivity index (χ0) is 11.1. The maximum absolute atomic E-state index is 11.2. The molecule has 0 unspecified atom stereocenters. The number of nitrogens with zero attached hydrogens (tertiary/aromatic N) is 1. The van der Waals surface area contributed by atoms with Gasteiger partial charge in [-0.2, -0.15) is 12.6 Å². The van der Waals surface area contributed by atoms with Crippen molar-refractivity contribution in [1.29, 1.82) is 0 Å². The lowest BCUT2D eigenvalue weighted by atomic mass is 10.2. The van der Waals surface area contributed by atoms with Crippen molar-refractivity contribution < 1.29 is 4.79 Å². The van der Waals surface area contributed by atoms with E-state index >= 15 is 0 Å². The Bertz CT molecular complexity index is 174. The maximum atomic E-state index is 11.2. The van der Waals surface area contributed by atoms with Crippen molar-refractivity contribution in [2.24, 2.45) is 5.92 Å². The first-order valence-corrected chi connectivity index (χ1v) is 6.67. The fraction of sp³-hybridized carbons (Fsp3) is 0.900. The summed E-state index contributed by atoms with van der Waals surface area (Å²) in [6, 6.07) is -0.0296. The minimum Gasteiger partial charge on any atom is -0.298 e. The molecule has 4 heteroatoms. The molecule has 0 amide bonds. The fourth-order valence-corrected chi connectivity index (χ4v) is 2.68. The van der Waals surface area contributed by atoms with Gasteiger partial charge in [0.1, 0.15) is 5.78 Å². The minimum atomic E-state index is -0.0296. The van der Waals surface area contributed by atoms with E-state index in [1.165, 1.54) is 0 Å². The molecule has 84 valence electrons. The van der Waals surface area contributed by atoms with Gasteiger partial charge in [0.25, 0.3) is 0 Å². The van der Waals surface area contributed by atoms with Crippen molar-refractivity contribution >= 4 is 30.2 Å². The van der Waals surface area contributed by atoms with Gasteiger partial charge in [-0.05, 0) is 25.6 Å². The van der Waals surface area contributed by atoms with Crippen LogP contribution in [0.2, 0.25) is 0 Å². The lowest BCUT2D eigenvalue weighted by Crippen LogP contribution is -2.38. The van der Waals surface area contributed by atoms with Gasteiger partial charge in [0.15, 0.2) is 0 Å². The Morgan fingerprint density at radius 2 is 2.07 bits per heavy atom. The van der Waals surface area contributed by atoms with Gasteiger partial charge in [0, 0.05) is 11.6 Å². The molecule has 14 heavy (non-hydrogen) atoms. The van der Waals surface area contributed by atoms with Crippen molar-refractivity contribution in [2.45, 2.75) is 26.8 Å². The second-order valence-corrected chi connectivity index (χ2v) is 5.32. The Hall–Kier alpha value is 0.330. The number of carbonyl (C=O) groups excluding carboxylic acids is 1. The van der Waals surface area contributed by atoms with E-state index < -0.39 is 0 Å². The summed E-state index contributed by atoms with van der Waals surface area (Å²) in [7, 11) is 1.98. The second-order valence-electron chi connectivity index (χ2n) is 3.96. The summed E-state index contributed by atoms with van der Waals surface area (Å²) >= 11 is 6.06. The number of rotatable bonds is 7. The van der Waals surface area contributed by atoms with Crippen LogP contribution in [-0.2, 0) is 4.79 Å². The van der Waals surface area contributed by atoms with Crippen LogP contribution in [-0.4, -0.2) is 41.2 Å². The molecule has 0 bridgehead atoms. The molecule has 0 aromatic rings. The Morgan fingerprint density at radius 1 is 1.50 bits per heavy atom. The summed E-state index contributed by atoms with van der Waals surface area (Å²) in [5.74, 6) is 3.56. The number of hydrogen-bond acceptors (Lipinski definition) is 4. The maximum Gasteiger partial charge on any atom is 0.147 e. The first kappa shape index (κ1) is 14.3. The monoisotopic (exact) mass is 235 g/mol. The van der Waals surface area contributed by atoms with Crippen molar-refractivity contribution in [1.82, 2.24) is 4.90 Å². The zero-order valence-corrected chi connectivity index (χ0v) is 11.2. The first-order chi connectivity index (χ1) is 6.49. The fourth-order valence-electron chi connectivity index (χ4n) is 1.10. The highest BCUT2D eigenvalue weighted by atomic mass is 32.2. The van der Waals surface area contributed by atoms with Gasteiger partial charge in [-0.1, -0.05) is 13.8 Å². The van der Waals surface area contributed by atoms with Crippen LogP contribution >= 0.6 is 24.4 Å². The average molecular weight is 235 g/mol. The molecule has 0 saturated carbocycles. The van der Waals surface area contributed by atoms with Gasteiger partial charge in [-0.3, -0.25) is 9.69 Å². The summed E-state index contributed by atoms with van der Waals surface area (Å²) < 4.78 is 0. The molecule has 0 rings (SSSR count). The molecule has 2 nitrogen and oxygen atoms in total. The third kappa shape index (κ3) is 5.94. The van der Waals surface area contributed by atoms with E-state index in [9.17, 15) is 4.79 Å². The molecule has 0 aromatic heterocycles. The average Bonchev–Trinajstić information content (AvgIpc) is 2.03. The van der Waals surface area contributed by atoms with Gasteiger partial charge in [0.05, 0.1) is 6.04 Å². The molecule has 0 N–H and O–H groups in total. The molecule has 0 saturated heterocycles. The van der Waals surface area contributed by atoms with E-state index in [0.717, 1.165) is 11.6 Å². The number of carbonyl (C=O) groups is 1. The lowest BCUT2D eigenvalue weighted by molar-refractivity contribution is -0.120. The largest absolute Gasteiger partial charge is 0.298 e. The third-order valence-electron chi connectivity index (χ3n) is 1.92. The highest BCUT2D eigenvalue weighted by Gasteiger charge is 2.17. The standard InChI is InChI=1S/C10H21NOS2/c1-8(2)6-14-7-11(4)10(5-13)9(3)12/h8,10,13H,5-7H2,1-4H3/t10-/m0/s1. The van der Waals surface area contributed by atoms with Crippen LogP contribution in [0.25, 0.3) is 0 Å². The lowest BCUT2D eigenvalue weighted by Gasteiger charge is -2.24. The van der Waals surface area contributed by atoms with Gasteiger partial charge >= 0.3 is 0 Å². The van der Waals surface area contributed by atoms with E-state index in [1.807, 2.05) is 18.8 Å².